The molecule has 0 aliphatic heterocycles. The first-order valence-corrected chi connectivity index (χ1v) is 6.99. The maximum atomic E-state index is 11.9. The first kappa shape index (κ1) is 16.5. The first-order chi connectivity index (χ1) is 11.0. The predicted molar refractivity (Wildman–Crippen MR) is 81.7 cm³/mol. The zero-order valence-corrected chi connectivity index (χ0v) is 13.1. The molecule has 0 aliphatic rings. The highest BCUT2D eigenvalue weighted by Crippen LogP contribution is 2.24. The van der Waals surface area contributed by atoms with Gasteiger partial charge in [0.1, 0.15) is 11.4 Å². The van der Waals surface area contributed by atoms with Crippen LogP contribution in [0.1, 0.15) is 28.7 Å². The van der Waals surface area contributed by atoms with Gasteiger partial charge in [0.15, 0.2) is 0 Å². The lowest BCUT2D eigenvalue weighted by Crippen LogP contribution is -2.09. The summed E-state index contributed by atoms with van der Waals surface area (Å²) >= 11 is 0. The van der Waals surface area contributed by atoms with Crippen LogP contribution in [0.25, 0.3) is 0 Å². The molecule has 0 spiro atoms. The molecule has 0 unspecified atom stereocenters. The number of aromatic nitrogens is 2. The maximum absolute atomic E-state index is 11.9. The van der Waals surface area contributed by atoms with Crippen molar-refractivity contribution in [2.24, 2.45) is 0 Å². The summed E-state index contributed by atoms with van der Waals surface area (Å²) in [7, 11) is 1.57. The van der Waals surface area contributed by atoms with Crippen LogP contribution in [0, 0.1) is 17.0 Å². The lowest BCUT2D eigenvalue weighted by atomic mass is 10.2. The summed E-state index contributed by atoms with van der Waals surface area (Å²) in [5, 5.41) is 15.3. The molecule has 0 N–H and O–H groups in total. The Bertz CT molecular complexity index is 721. The minimum atomic E-state index is -0.796. The highest BCUT2D eigenvalue weighted by molar-refractivity contribution is 5.92. The Morgan fingerprint density at radius 1 is 1.35 bits per heavy atom. The van der Waals surface area contributed by atoms with Gasteiger partial charge in [-0.3, -0.25) is 14.8 Å². The van der Waals surface area contributed by atoms with Gasteiger partial charge in [-0.1, -0.05) is 12.1 Å². The Labute approximate surface area is 132 Å². The molecule has 1 heterocycles. The van der Waals surface area contributed by atoms with E-state index in [2.05, 4.69) is 5.10 Å². The number of nitrogens with zero attached hydrogens (tertiary/aromatic N) is 3. The van der Waals surface area contributed by atoms with Crippen molar-refractivity contribution in [3.63, 3.8) is 0 Å². The largest absolute Gasteiger partial charge is 0.497 e. The molecule has 2 aromatic rings. The van der Waals surface area contributed by atoms with Crippen LogP contribution in [0.5, 0.6) is 5.75 Å². The van der Waals surface area contributed by atoms with Gasteiger partial charge >= 0.3 is 11.7 Å². The molecule has 0 fully saturated rings. The third-order valence-corrected chi connectivity index (χ3v) is 3.32. The van der Waals surface area contributed by atoms with Crippen molar-refractivity contribution in [2.75, 3.05) is 13.7 Å². The molecule has 0 atom stereocenters. The summed E-state index contributed by atoms with van der Waals surface area (Å²) < 4.78 is 11.3. The molecular weight excluding hydrogens is 302 g/mol. The van der Waals surface area contributed by atoms with Gasteiger partial charge in [-0.25, -0.2) is 4.79 Å². The number of ether oxygens (including phenoxy) is 2. The molecule has 2 rings (SSSR count). The van der Waals surface area contributed by atoms with Crippen molar-refractivity contribution in [2.45, 2.75) is 20.4 Å². The van der Waals surface area contributed by atoms with Crippen LogP contribution in [0.2, 0.25) is 0 Å². The van der Waals surface area contributed by atoms with Crippen LogP contribution >= 0.6 is 0 Å². The summed E-state index contributed by atoms with van der Waals surface area (Å²) in [6.45, 7) is 3.61. The molecule has 8 heteroatoms. The van der Waals surface area contributed by atoms with Crippen LogP contribution in [0.3, 0.4) is 0 Å². The third-order valence-electron chi connectivity index (χ3n) is 3.32. The molecule has 0 aliphatic carbocycles. The number of carbonyl (C=O) groups excluding carboxylic acids is 1. The Hall–Kier alpha value is -2.90. The SMILES string of the molecule is CCOC(=O)c1nn(Cc2ccc(OC)cc2)c(C)c1[N+](=O)[O-]. The summed E-state index contributed by atoms with van der Waals surface area (Å²) in [6.07, 6.45) is 0. The van der Waals surface area contributed by atoms with Gasteiger partial charge in [-0.05, 0) is 31.5 Å². The van der Waals surface area contributed by atoms with Gasteiger partial charge in [0.05, 0.1) is 25.2 Å². The summed E-state index contributed by atoms with van der Waals surface area (Å²) in [6, 6.07) is 7.23. The van der Waals surface area contributed by atoms with Crippen molar-refractivity contribution in [1.82, 2.24) is 9.78 Å². The number of rotatable bonds is 6. The molecule has 8 nitrogen and oxygen atoms in total. The lowest BCUT2D eigenvalue weighted by Gasteiger charge is -2.05. The molecule has 0 amide bonds. The number of nitro groups is 1. The van der Waals surface area contributed by atoms with Gasteiger partial charge in [-0.2, -0.15) is 5.10 Å². The second-order valence-electron chi connectivity index (χ2n) is 4.77. The zero-order valence-electron chi connectivity index (χ0n) is 13.1. The van der Waals surface area contributed by atoms with E-state index in [0.29, 0.717) is 18.0 Å². The van der Waals surface area contributed by atoms with Gasteiger partial charge in [0.25, 0.3) is 0 Å². The molecule has 23 heavy (non-hydrogen) atoms. The fraction of sp³-hybridized carbons (Fsp3) is 0.333. The summed E-state index contributed by atoms with van der Waals surface area (Å²) in [4.78, 5) is 22.5. The van der Waals surface area contributed by atoms with Crippen molar-refractivity contribution in [3.05, 3.63) is 51.3 Å². The average Bonchev–Trinajstić information content (AvgIpc) is 2.85. The van der Waals surface area contributed by atoms with Crippen molar-refractivity contribution in [1.29, 1.82) is 0 Å². The van der Waals surface area contributed by atoms with Crippen LogP contribution in [0.15, 0.2) is 24.3 Å². The van der Waals surface area contributed by atoms with Crippen LogP contribution in [0.4, 0.5) is 5.69 Å². The monoisotopic (exact) mass is 319 g/mol. The quantitative estimate of drug-likeness (QED) is 0.460. The van der Waals surface area contributed by atoms with E-state index in [1.165, 1.54) is 4.68 Å². The number of benzene rings is 1. The topological polar surface area (TPSA) is 96.5 Å². The van der Waals surface area contributed by atoms with E-state index in [1.807, 2.05) is 12.1 Å². The normalized spacial score (nSPS) is 10.4. The molecular formula is C15H17N3O5. The minimum Gasteiger partial charge on any atom is -0.497 e. The second-order valence-corrected chi connectivity index (χ2v) is 4.77. The van der Waals surface area contributed by atoms with Crippen LogP contribution in [-0.2, 0) is 11.3 Å². The smallest absolute Gasteiger partial charge is 0.366 e. The minimum absolute atomic E-state index is 0.125. The fourth-order valence-electron chi connectivity index (χ4n) is 2.15. The third kappa shape index (κ3) is 3.47. The van der Waals surface area contributed by atoms with E-state index in [4.69, 9.17) is 9.47 Å². The van der Waals surface area contributed by atoms with E-state index in [1.54, 1.807) is 33.1 Å². The molecule has 1 aromatic carbocycles. The number of esters is 1. The molecule has 122 valence electrons. The van der Waals surface area contributed by atoms with E-state index in [9.17, 15) is 14.9 Å². The predicted octanol–water partition coefficient (Wildman–Crippen LogP) is 2.33. The zero-order chi connectivity index (χ0) is 17.0. The second kappa shape index (κ2) is 6.91. The number of hydrogen-bond acceptors (Lipinski definition) is 6. The Morgan fingerprint density at radius 2 is 2.00 bits per heavy atom. The van der Waals surface area contributed by atoms with Crippen LogP contribution in [-0.4, -0.2) is 34.4 Å². The van der Waals surface area contributed by atoms with Crippen molar-refractivity contribution >= 4 is 11.7 Å². The molecule has 0 saturated carbocycles. The Kier molecular flexibility index (Phi) is 4.95. The molecule has 0 bridgehead atoms. The van der Waals surface area contributed by atoms with Crippen LogP contribution < -0.4 is 4.74 Å². The number of carbonyl (C=O) groups is 1. The van der Waals surface area contributed by atoms with E-state index in [0.717, 1.165) is 5.56 Å². The van der Waals surface area contributed by atoms with Gasteiger partial charge in [0.2, 0.25) is 5.69 Å². The maximum Gasteiger partial charge on any atom is 0.366 e. The van der Waals surface area contributed by atoms with E-state index < -0.39 is 10.9 Å². The Balaban J connectivity index is 2.36. The van der Waals surface area contributed by atoms with E-state index >= 15 is 0 Å². The van der Waals surface area contributed by atoms with Gasteiger partial charge in [-0.15, -0.1) is 0 Å². The van der Waals surface area contributed by atoms with E-state index in [-0.39, 0.29) is 18.0 Å². The van der Waals surface area contributed by atoms with Crippen molar-refractivity contribution in [3.8, 4) is 5.75 Å². The van der Waals surface area contributed by atoms with Gasteiger partial charge < -0.3 is 9.47 Å². The summed E-state index contributed by atoms with van der Waals surface area (Å²) in [5.74, 6) is -0.0834. The average molecular weight is 319 g/mol. The molecule has 0 radical (unpaired) electrons. The Morgan fingerprint density at radius 3 is 2.52 bits per heavy atom. The van der Waals surface area contributed by atoms with Gasteiger partial charge in [0, 0.05) is 0 Å². The molecule has 1 aromatic heterocycles. The highest BCUT2D eigenvalue weighted by Gasteiger charge is 2.30. The fourth-order valence-corrected chi connectivity index (χ4v) is 2.15. The lowest BCUT2D eigenvalue weighted by molar-refractivity contribution is -0.385. The summed E-state index contributed by atoms with van der Waals surface area (Å²) in [5.41, 5.74) is 0.579. The standard InChI is InChI=1S/C15H17N3O5/c1-4-23-15(19)13-14(18(20)21)10(2)17(16-13)9-11-5-7-12(22-3)8-6-11/h5-8H,4,9H2,1-3H3. The van der Waals surface area contributed by atoms with Crippen molar-refractivity contribution < 1.29 is 19.2 Å². The number of hydrogen-bond donors (Lipinski definition) is 0. The number of methoxy groups -OCH3 is 1. The highest BCUT2D eigenvalue weighted by atomic mass is 16.6. The molecule has 0 saturated heterocycles. The first-order valence-electron chi connectivity index (χ1n) is 6.99.